The number of anilines is 1. The summed E-state index contributed by atoms with van der Waals surface area (Å²) in [6.45, 7) is 0.0689. The van der Waals surface area contributed by atoms with Gasteiger partial charge >= 0.3 is 11.8 Å². The Balaban J connectivity index is 1.87. The number of amides is 2. The molecule has 0 spiro atoms. The number of furan rings is 1. The van der Waals surface area contributed by atoms with E-state index in [1.165, 1.54) is 31.6 Å². The molecule has 1 heterocycles. The summed E-state index contributed by atoms with van der Waals surface area (Å²) in [7, 11) is 1.46. The first kappa shape index (κ1) is 15.7. The van der Waals surface area contributed by atoms with E-state index in [9.17, 15) is 14.0 Å². The summed E-state index contributed by atoms with van der Waals surface area (Å²) >= 11 is 0. The summed E-state index contributed by atoms with van der Waals surface area (Å²) < 4.78 is 23.3. The van der Waals surface area contributed by atoms with Gasteiger partial charge in [-0.2, -0.15) is 0 Å². The van der Waals surface area contributed by atoms with Crippen molar-refractivity contribution < 1.29 is 23.1 Å². The molecule has 1 atom stereocenters. The summed E-state index contributed by atoms with van der Waals surface area (Å²) in [5.41, 5.74) is 0.203. The average Bonchev–Trinajstić information content (AvgIpc) is 3.02. The number of carbonyl (C=O) groups is 2. The lowest BCUT2D eigenvalue weighted by Gasteiger charge is -2.13. The molecule has 0 aliphatic heterocycles. The van der Waals surface area contributed by atoms with Crippen molar-refractivity contribution in [1.82, 2.24) is 5.32 Å². The zero-order valence-electron chi connectivity index (χ0n) is 11.8. The Morgan fingerprint density at radius 3 is 2.73 bits per heavy atom. The van der Waals surface area contributed by atoms with E-state index in [1.807, 2.05) is 0 Å². The van der Waals surface area contributed by atoms with Crippen LogP contribution in [0.15, 0.2) is 47.1 Å². The monoisotopic (exact) mass is 306 g/mol. The van der Waals surface area contributed by atoms with E-state index >= 15 is 0 Å². The van der Waals surface area contributed by atoms with Crippen molar-refractivity contribution in [2.75, 3.05) is 19.0 Å². The molecule has 2 rings (SSSR count). The van der Waals surface area contributed by atoms with Gasteiger partial charge in [-0.05, 0) is 30.3 Å². The number of ether oxygens (including phenoxy) is 1. The van der Waals surface area contributed by atoms with E-state index in [1.54, 1.807) is 12.1 Å². The Morgan fingerprint density at radius 1 is 1.27 bits per heavy atom. The highest BCUT2D eigenvalue weighted by molar-refractivity contribution is 6.39. The molecule has 0 fully saturated rings. The second-order valence-corrected chi connectivity index (χ2v) is 4.41. The quantitative estimate of drug-likeness (QED) is 0.826. The van der Waals surface area contributed by atoms with Gasteiger partial charge in [-0.25, -0.2) is 4.39 Å². The normalized spacial score (nSPS) is 11.7. The van der Waals surface area contributed by atoms with Gasteiger partial charge in [0, 0.05) is 12.8 Å². The molecule has 2 aromatic rings. The van der Waals surface area contributed by atoms with Crippen LogP contribution in [0.3, 0.4) is 0 Å². The van der Waals surface area contributed by atoms with Crippen LogP contribution in [0.1, 0.15) is 11.9 Å². The number of rotatable bonds is 5. The maximum absolute atomic E-state index is 13.0. The zero-order chi connectivity index (χ0) is 15.9. The highest BCUT2D eigenvalue weighted by Gasteiger charge is 2.18. The molecule has 0 saturated heterocycles. The van der Waals surface area contributed by atoms with Crippen molar-refractivity contribution in [3.05, 3.63) is 54.2 Å². The van der Waals surface area contributed by atoms with Crippen LogP contribution in [-0.4, -0.2) is 25.5 Å². The van der Waals surface area contributed by atoms with Gasteiger partial charge in [0.1, 0.15) is 17.7 Å². The van der Waals surface area contributed by atoms with Gasteiger partial charge in [0.25, 0.3) is 0 Å². The molecule has 2 N–H and O–H groups in total. The molecule has 1 unspecified atom stereocenters. The number of benzene rings is 1. The van der Waals surface area contributed by atoms with Crippen LogP contribution in [0.4, 0.5) is 10.1 Å². The van der Waals surface area contributed by atoms with Crippen molar-refractivity contribution in [1.29, 1.82) is 0 Å². The standard InChI is InChI=1S/C15H15FN2O4/c1-21-13(12-6-3-7-22-12)9-17-14(19)15(20)18-11-5-2-4-10(16)8-11/h2-8,13H,9H2,1H3,(H,17,19)(H,18,20). The molecule has 0 saturated carbocycles. The minimum atomic E-state index is -0.889. The van der Waals surface area contributed by atoms with Crippen LogP contribution in [-0.2, 0) is 14.3 Å². The first-order valence-electron chi connectivity index (χ1n) is 6.51. The molecule has 2 amide bonds. The smallest absolute Gasteiger partial charge is 0.313 e. The predicted molar refractivity (Wildman–Crippen MR) is 76.5 cm³/mol. The third-order valence-corrected chi connectivity index (χ3v) is 2.88. The van der Waals surface area contributed by atoms with Gasteiger partial charge in [0.05, 0.1) is 12.8 Å². The molecule has 116 valence electrons. The number of hydrogen-bond donors (Lipinski definition) is 2. The van der Waals surface area contributed by atoms with Crippen LogP contribution in [0.5, 0.6) is 0 Å². The average molecular weight is 306 g/mol. The number of halogens is 1. The Morgan fingerprint density at radius 2 is 2.09 bits per heavy atom. The van der Waals surface area contributed by atoms with E-state index in [0.717, 1.165) is 6.07 Å². The summed E-state index contributed by atoms with van der Waals surface area (Å²) in [6, 6.07) is 8.66. The molecule has 22 heavy (non-hydrogen) atoms. The van der Waals surface area contributed by atoms with Crippen molar-refractivity contribution >= 4 is 17.5 Å². The van der Waals surface area contributed by atoms with E-state index in [0.29, 0.717) is 5.76 Å². The molecule has 1 aromatic carbocycles. The number of hydrogen-bond acceptors (Lipinski definition) is 4. The molecule has 0 radical (unpaired) electrons. The highest BCUT2D eigenvalue weighted by atomic mass is 19.1. The lowest BCUT2D eigenvalue weighted by molar-refractivity contribution is -0.136. The fraction of sp³-hybridized carbons (Fsp3) is 0.200. The largest absolute Gasteiger partial charge is 0.467 e. The topological polar surface area (TPSA) is 80.6 Å². The molecule has 0 bridgehead atoms. The summed E-state index contributed by atoms with van der Waals surface area (Å²) in [5, 5.41) is 4.73. The fourth-order valence-electron chi connectivity index (χ4n) is 1.79. The lowest BCUT2D eigenvalue weighted by atomic mass is 10.2. The second kappa shape index (κ2) is 7.37. The van der Waals surface area contributed by atoms with Crippen molar-refractivity contribution in [3.8, 4) is 0 Å². The van der Waals surface area contributed by atoms with Crippen molar-refractivity contribution in [3.63, 3.8) is 0 Å². The van der Waals surface area contributed by atoms with Crippen LogP contribution in [0, 0.1) is 5.82 Å². The Labute approximate surface area is 126 Å². The molecule has 6 nitrogen and oxygen atoms in total. The predicted octanol–water partition coefficient (Wildman–Crippen LogP) is 1.86. The molecule has 7 heteroatoms. The van der Waals surface area contributed by atoms with Gasteiger partial charge in [-0.1, -0.05) is 6.07 Å². The Hall–Kier alpha value is -2.67. The summed E-state index contributed by atoms with van der Waals surface area (Å²) in [4.78, 5) is 23.4. The van der Waals surface area contributed by atoms with Crippen molar-refractivity contribution in [2.24, 2.45) is 0 Å². The molecule has 1 aromatic heterocycles. The summed E-state index contributed by atoms with van der Waals surface area (Å²) in [6.07, 6.45) is 0.987. The lowest BCUT2D eigenvalue weighted by Crippen LogP contribution is -2.37. The number of methoxy groups -OCH3 is 1. The first-order chi connectivity index (χ1) is 10.6. The van der Waals surface area contributed by atoms with Gasteiger partial charge in [0.2, 0.25) is 0 Å². The van der Waals surface area contributed by atoms with Crippen LogP contribution < -0.4 is 10.6 Å². The maximum Gasteiger partial charge on any atom is 0.313 e. The Bertz CT molecular complexity index is 643. The Kier molecular flexibility index (Phi) is 5.26. The van der Waals surface area contributed by atoms with Crippen LogP contribution in [0.25, 0.3) is 0 Å². The van der Waals surface area contributed by atoms with Crippen molar-refractivity contribution in [2.45, 2.75) is 6.10 Å². The SMILES string of the molecule is COC(CNC(=O)C(=O)Nc1cccc(F)c1)c1ccco1. The second-order valence-electron chi connectivity index (χ2n) is 4.41. The minimum Gasteiger partial charge on any atom is -0.467 e. The van der Waals surface area contributed by atoms with E-state index in [2.05, 4.69) is 10.6 Å². The fourth-order valence-corrected chi connectivity index (χ4v) is 1.79. The molecular formula is C15H15FN2O4. The number of nitrogens with one attached hydrogen (secondary N) is 2. The molecule has 0 aliphatic rings. The van der Waals surface area contributed by atoms with Crippen LogP contribution >= 0.6 is 0 Å². The van der Waals surface area contributed by atoms with Gasteiger partial charge in [0.15, 0.2) is 0 Å². The van der Waals surface area contributed by atoms with Gasteiger partial charge in [-0.15, -0.1) is 0 Å². The summed E-state index contributed by atoms with van der Waals surface area (Å²) in [5.74, 6) is -1.71. The van der Waals surface area contributed by atoms with E-state index in [-0.39, 0.29) is 12.2 Å². The van der Waals surface area contributed by atoms with Crippen LogP contribution in [0.2, 0.25) is 0 Å². The van der Waals surface area contributed by atoms with Gasteiger partial charge in [-0.3, -0.25) is 9.59 Å². The maximum atomic E-state index is 13.0. The van der Waals surface area contributed by atoms with Gasteiger partial charge < -0.3 is 19.8 Å². The molecular weight excluding hydrogens is 291 g/mol. The number of carbonyl (C=O) groups excluding carboxylic acids is 2. The zero-order valence-corrected chi connectivity index (χ0v) is 11.8. The highest BCUT2D eigenvalue weighted by Crippen LogP contribution is 2.15. The minimum absolute atomic E-state index is 0.0689. The third kappa shape index (κ3) is 4.16. The molecule has 0 aliphatic carbocycles. The third-order valence-electron chi connectivity index (χ3n) is 2.88. The van der Waals surface area contributed by atoms with E-state index < -0.39 is 23.7 Å². The van der Waals surface area contributed by atoms with E-state index in [4.69, 9.17) is 9.15 Å². The first-order valence-corrected chi connectivity index (χ1v) is 6.51.